The number of benzene rings is 2. The van der Waals surface area contributed by atoms with Crippen molar-refractivity contribution in [1.29, 1.82) is 0 Å². The second kappa shape index (κ2) is 10.8. The van der Waals surface area contributed by atoms with Crippen molar-refractivity contribution in [2.24, 2.45) is 5.92 Å². The van der Waals surface area contributed by atoms with Crippen LogP contribution in [0.1, 0.15) is 36.2 Å². The Hall–Kier alpha value is -3.59. The molecule has 0 bridgehead atoms. The minimum atomic E-state index is -0.893. The third-order valence-corrected chi connectivity index (χ3v) is 6.09. The zero-order chi connectivity index (χ0) is 24.9. The summed E-state index contributed by atoms with van der Waals surface area (Å²) in [5.41, 5.74) is 1.27. The summed E-state index contributed by atoms with van der Waals surface area (Å²) >= 11 is 0. The van der Waals surface area contributed by atoms with Gasteiger partial charge in [0.15, 0.2) is 11.5 Å². The van der Waals surface area contributed by atoms with Crippen LogP contribution >= 0.6 is 0 Å². The van der Waals surface area contributed by atoms with Crippen molar-refractivity contribution in [3.05, 3.63) is 59.7 Å². The van der Waals surface area contributed by atoms with Crippen LogP contribution in [0, 0.1) is 5.92 Å². The molecule has 2 heterocycles. The van der Waals surface area contributed by atoms with Crippen LogP contribution in [0.2, 0.25) is 0 Å². The lowest BCUT2D eigenvalue weighted by Gasteiger charge is -2.23. The van der Waals surface area contributed by atoms with Crippen molar-refractivity contribution in [3.8, 4) is 11.5 Å². The van der Waals surface area contributed by atoms with Crippen LogP contribution in [0.3, 0.4) is 0 Å². The molecule has 1 fully saturated rings. The van der Waals surface area contributed by atoms with Crippen LogP contribution in [0.25, 0.3) is 0 Å². The van der Waals surface area contributed by atoms with E-state index < -0.39 is 18.2 Å². The summed E-state index contributed by atoms with van der Waals surface area (Å²) in [5, 5.41) is 16.2. The van der Waals surface area contributed by atoms with Crippen LogP contribution < -0.4 is 20.1 Å². The van der Waals surface area contributed by atoms with E-state index in [1.54, 1.807) is 42.5 Å². The Bertz CT molecular complexity index is 1070. The zero-order valence-electron chi connectivity index (χ0n) is 19.9. The molecule has 2 unspecified atom stereocenters. The Balaban J connectivity index is 1.35. The Morgan fingerprint density at radius 1 is 1.06 bits per heavy atom. The second-order valence-electron chi connectivity index (χ2n) is 9.37. The lowest BCUT2D eigenvalue weighted by atomic mass is 10.0. The quantitative estimate of drug-likeness (QED) is 0.526. The third kappa shape index (κ3) is 6.10. The van der Waals surface area contributed by atoms with Gasteiger partial charge in [-0.3, -0.25) is 14.4 Å². The topological polar surface area (TPSA) is 117 Å². The van der Waals surface area contributed by atoms with E-state index in [-0.39, 0.29) is 49.9 Å². The molecular weight excluding hydrogens is 450 g/mol. The summed E-state index contributed by atoms with van der Waals surface area (Å²) in [7, 11) is 0. The molecule has 2 aliphatic rings. The maximum Gasteiger partial charge on any atom is 0.254 e. The highest BCUT2D eigenvalue weighted by Crippen LogP contribution is 2.32. The largest absolute Gasteiger partial charge is 0.454 e. The van der Waals surface area contributed by atoms with Crippen molar-refractivity contribution >= 4 is 17.7 Å². The first kappa shape index (κ1) is 24.5. The number of carbonyl (C=O) groups excluding carboxylic acids is 3. The number of hydrogen-bond donors (Lipinski definition) is 3. The summed E-state index contributed by atoms with van der Waals surface area (Å²) in [5.74, 6) is 0.518. The molecule has 2 aromatic rings. The van der Waals surface area contributed by atoms with Crippen LogP contribution in [-0.4, -0.2) is 65.8 Å². The first-order valence-corrected chi connectivity index (χ1v) is 11.8. The van der Waals surface area contributed by atoms with Crippen molar-refractivity contribution in [2.75, 3.05) is 19.9 Å². The van der Waals surface area contributed by atoms with Gasteiger partial charge in [0.2, 0.25) is 18.6 Å². The molecule has 0 spiro atoms. The predicted molar refractivity (Wildman–Crippen MR) is 128 cm³/mol. The molecule has 3 N–H and O–H groups in total. The molecule has 3 atom stereocenters. The number of amides is 3. The Morgan fingerprint density at radius 2 is 1.80 bits per heavy atom. The number of aliphatic hydroxyl groups excluding tert-OH is 1. The Morgan fingerprint density at radius 3 is 2.54 bits per heavy atom. The molecule has 35 heavy (non-hydrogen) atoms. The minimum absolute atomic E-state index is 0.0872. The summed E-state index contributed by atoms with van der Waals surface area (Å²) in [6.07, 6.45) is -0.367. The summed E-state index contributed by atoms with van der Waals surface area (Å²) in [6, 6.07) is 12.7. The molecular formula is C26H31N3O6. The van der Waals surface area contributed by atoms with Crippen LogP contribution in [0.5, 0.6) is 11.5 Å². The number of aliphatic hydroxyl groups is 1. The number of hydrogen-bond acceptors (Lipinski definition) is 6. The molecule has 3 amide bonds. The molecule has 4 rings (SSSR count). The van der Waals surface area contributed by atoms with Gasteiger partial charge >= 0.3 is 0 Å². The third-order valence-electron chi connectivity index (χ3n) is 6.09. The molecule has 1 saturated heterocycles. The number of nitrogens with one attached hydrogen (secondary N) is 2. The summed E-state index contributed by atoms with van der Waals surface area (Å²) in [6.45, 7) is 4.41. The average molecular weight is 482 g/mol. The van der Waals surface area contributed by atoms with E-state index in [9.17, 15) is 19.5 Å². The van der Waals surface area contributed by atoms with Crippen molar-refractivity contribution in [2.45, 2.75) is 44.9 Å². The van der Waals surface area contributed by atoms with Gasteiger partial charge < -0.3 is 30.1 Å². The number of ether oxygens (including phenoxy) is 2. The summed E-state index contributed by atoms with van der Waals surface area (Å²) in [4.78, 5) is 40.1. The highest BCUT2D eigenvalue weighted by atomic mass is 16.7. The number of rotatable bonds is 8. The zero-order valence-corrected chi connectivity index (χ0v) is 19.9. The first-order valence-electron chi connectivity index (χ1n) is 11.8. The number of nitrogens with zero attached hydrogens (tertiary/aromatic N) is 1. The lowest BCUT2D eigenvalue weighted by Crippen LogP contribution is -2.53. The number of β-amino-alcohol motifs (C(OH)–C–C–N with tert-alkyl or cyclic N) is 1. The maximum atomic E-state index is 13.1. The summed E-state index contributed by atoms with van der Waals surface area (Å²) < 4.78 is 10.7. The van der Waals surface area contributed by atoms with Crippen molar-refractivity contribution in [1.82, 2.24) is 15.5 Å². The fourth-order valence-electron chi connectivity index (χ4n) is 4.33. The van der Waals surface area contributed by atoms with Gasteiger partial charge in [-0.15, -0.1) is 0 Å². The van der Waals surface area contributed by atoms with E-state index in [1.165, 1.54) is 4.90 Å². The first-order chi connectivity index (χ1) is 16.8. The van der Waals surface area contributed by atoms with E-state index in [0.717, 1.165) is 5.56 Å². The van der Waals surface area contributed by atoms with Crippen LogP contribution in [-0.2, 0) is 16.0 Å². The van der Waals surface area contributed by atoms with Gasteiger partial charge in [-0.1, -0.05) is 38.1 Å². The molecule has 9 heteroatoms. The molecule has 0 aliphatic carbocycles. The Kier molecular flexibility index (Phi) is 7.55. The molecule has 0 radical (unpaired) electrons. The molecule has 2 aliphatic heterocycles. The SMILES string of the molecule is CC(C)C[C@H](NC(=O)Cc1ccc2c(c1)OCO2)C(=O)NC1CN(C(=O)c2ccccc2)CC1O. The van der Waals surface area contributed by atoms with E-state index in [4.69, 9.17) is 9.47 Å². The van der Waals surface area contributed by atoms with Gasteiger partial charge in [0, 0.05) is 18.7 Å². The fourth-order valence-corrected chi connectivity index (χ4v) is 4.33. The van der Waals surface area contributed by atoms with Crippen molar-refractivity contribution < 1.29 is 29.0 Å². The predicted octanol–water partition coefficient (Wildman–Crippen LogP) is 1.49. The maximum absolute atomic E-state index is 13.1. The minimum Gasteiger partial charge on any atom is -0.454 e. The highest BCUT2D eigenvalue weighted by Gasteiger charge is 2.36. The van der Waals surface area contributed by atoms with Gasteiger partial charge in [0.25, 0.3) is 5.91 Å². The smallest absolute Gasteiger partial charge is 0.254 e. The monoisotopic (exact) mass is 481 g/mol. The number of likely N-dealkylation sites (tertiary alicyclic amines) is 1. The highest BCUT2D eigenvalue weighted by molar-refractivity contribution is 5.94. The molecule has 186 valence electrons. The second-order valence-corrected chi connectivity index (χ2v) is 9.37. The lowest BCUT2D eigenvalue weighted by molar-refractivity contribution is -0.129. The van der Waals surface area contributed by atoms with E-state index in [2.05, 4.69) is 10.6 Å². The number of fused-ring (bicyclic) bond motifs is 1. The van der Waals surface area contributed by atoms with Gasteiger partial charge in [-0.2, -0.15) is 0 Å². The standard InChI is InChI=1S/C26H31N3O6/c1-16(2)10-19(27-24(31)12-17-8-9-22-23(11-17)35-15-34-22)25(32)28-20-13-29(14-21(20)30)26(33)18-6-4-3-5-7-18/h3-9,11,16,19-21,30H,10,12-15H2,1-2H3,(H,27,31)(H,28,32)/t19-,20?,21?/m0/s1. The van der Waals surface area contributed by atoms with Crippen LogP contribution in [0.4, 0.5) is 0 Å². The number of carbonyl (C=O) groups is 3. The van der Waals surface area contributed by atoms with Gasteiger partial charge in [0.05, 0.1) is 18.6 Å². The van der Waals surface area contributed by atoms with Gasteiger partial charge in [-0.05, 0) is 42.2 Å². The van der Waals surface area contributed by atoms with Gasteiger partial charge in [0.1, 0.15) is 6.04 Å². The Labute approximate surface area is 204 Å². The van der Waals surface area contributed by atoms with Crippen LogP contribution in [0.15, 0.2) is 48.5 Å². The molecule has 2 aromatic carbocycles. The molecule has 0 saturated carbocycles. The van der Waals surface area contributed by atoms with Crippen molar-refractivity contribution in [3.63, 3.8) is 0 Å². The van der Waals surface area contributed by atoms with E-state index in [0.29, 0.717) is 23.5 Å². The average Bonchev–Trinajstić information content (AvgIpc) is 3.44. The van der Waals surface area contributed by atoms with E-state index in [1.807, 2.05) is 19.9 Å². The normalized spacial score (nSPS) is 19.5. The molecule has 9 nitrogen and oxygen atoms in total. The molecule has 0 aromatic heterocycles. The van der Waals surface area contributed by atoms with Gasteiger partial charge in [-0.25, -0.2) is 0 Å². The fraction of sp³-hybridized carbons (Fsp3) is 0.423. The van der Waals surface area contributed by atoms with E-state index >= 15 is 0 Å².